The molecule has 2 aliphatic heterocycles. The molecule has 0 atom stereocenters. The Morgan fingerprint density at radius 1 is 0.804 bits per heavy atom. The summed E-state index contributed by atoms with van der Waals surface area (Å²) in [6, 6.07) is 8.88. The minimum absolute atomic E-state index is 0.0380. The van der Waals surface area contributed by atoms with Gasteiger partial charge in [0.2, 0.25) is 5.91 Å². The number of fused-ring (bicyclic) bond motifs is 6. The first-order valence-electron chi connectivity index (χ1n) is 14.0. The van der Waals surface area contributed by atoms with Crippen LogP contribution in [0.1, 0.15) is 70.0 Å². The van der Waals surface area contributed by atoms with Crippen molar-refractivity contribution in [1.29, 1.82) is 0 Å². The Kier molecular flexibility index (Phi) is 8.45. The Morgan fingerprint density at radius 2 is 1.33 bits per heavy atom. The van der Waals surface area contributed by atoms with Gasteiger partial charge in [0, 0.05) is 41.8 Å². The lowest BCUT2D eigenvalue weighted by molar-refractivity contribution is -0.120. The fourth-order valence-electron chi connectivity index (χ4n) is 5.59. The summed E-state index contributed by atoms with van der Waals surface area (Å²) in [5.74, 6) is -2.81. The molecule has 1 spiro atoms. The van der Waals surface area contributed by atoms with Crippen molar-refractivity contribution < 1.29 is 49.8 Å². The van der Waals surface area contributed by atoms with Gasteiger partial charge in [-0.2, -0.15) is 16.8 Å². The third-order valence-electron chi connectivity index (χ3n) is 7.67. The van der Waals surface area contributed by atoms with Gasteiger partial charge in [0.05, 0.1) is 16.9 Å². The number of ether oxygens (including phenoxy) is 2. The van der Waals surface area contributed by atoms with Crippen LogP contribution in [0.2, 0.25) is 0 Å². The van der Waals surface area contributed by atoms with Gasteiger partial charge >= 0.3 is 5.97 Å². The average molecular weight is 675 g/mol. The molecule has 0 aliphatic carbocycles. The number of nitrogens with one attached hydrogen (secondary N) is 2. The highest BCUT2D eigenvalue weighted by atomic mass is 32.2. The van der Waals surface area contributed by atoms with Crippen molar-refractivity contribution in [3.8, 4) is 11.5 Å². The van der Waals surface area contributed by atoms with E-state index >= 15 is 0 Å². The normalized spacial score (nSPS) is 14.5. The molecule has 3 aromatic rings. The molecule has 0 unspecified atom stereocenters. The Morgan fingerprint density at radius 3 is 1.85 bits per heavy atom. The first kappa shape index (κ1) is 32.7. The fraction of sp³-hybridized carbons (Fsp3) is 0.276. The van der Waals surface area contributed by atoms with Crippen LogP contribution in [0.15, 0.2) is 52.3 Å². The minimum atomic E-state index is -5.12. The summed E-state index contributed by atoms with van der Waals surface area (Å²) in [5.41, 5.74) is 8.50. The molecule has 8 N–H and O–H groups in total. The molecule has 0 bridgehead atoms. The highest BCUT2D eigenvalue weighted by molar-refractivity contribution is 7.86. The van der Waals surface area contributed by atoms with Gasteiger partial charge in [0.15, 0.2) is 26.9 Å². The van der Waals surface area contributed by atoms with E-state index in [1.165, 1.54) is 30.3 Å². The lowest BCUT2D eigenvalue weighted by atomic mass is 9.77. The van der Waals surface area contributed by atoms with Gasteiger partial charge in [0.25, 0.3) is 26.1 Å². The maximum Gasteiger partial charge on any atom is 0.340 e. The van der Waals surface area contributed by atoms with Crippen LogP contribution in [-0.4, -0.2) is 56.8 Å². The lowest BCUT2D eigenvalue weighted by Crippen LogP contribution is -2.34. The zero-order valence-electron chi connectivity index (χ0n) is 24.3. The van der Waals surface area contributed by atoms with Crippen LogP contribution >= 0.6 is 0 Å². The molecule has 17 heteroatoms. The largest absolute Gasteiger partial charge is 0.453 e. The van der Waals surface area contributed by atoms with Crippen molar-refractivity contribution in [2.75, 3.05) is 24.6 Å². The van der Waals surface area contributed by atoms with Crippen LogP contribution in [0, 0.1) is 0 Å². The number of hydrogen-bond acceptors (Lipinski definition) is 11. The van der Waals surface area contributed by atoms with Crippen molar-refractivity contribution in [3.63, 3.8) is 0 Å². The summed E-state index contributed by atoms with van der Waals surface area (Å²) in [6.45, 7) is 2.61. The van der Waals surface area contributed by atoms with Gasteiger partial charge in [-0.15, -0.1) is 0 Å². The van der Waals surface area contributed by atoms with E-state index in [4.69, 9.17) is 20.9 Å². The van der Waals surface area contributed by atoms with E-state index in [1.807, 2.05) is 0 Å². The fourth-order valence-corrected chi connectivity index (χ4v) is 7.09. The van der Waals surface area contributed by atoms with E-state index in [0.717, 1.165) is 25.0 Å². The lowest BCUT2D eigenvalue weighted by Gasteiger charge is -2.37. The second-order valence-corrected chi connectivity index (χ2v) is 13.3. The highest BCUT2D eigenvalue weighted by Crippen LogP contribution is 2.59. The van der Waals surface area contributed by atoms with E-state index in [1.54, 1.807) is 6.92 Å². The van der Waals surface area contributed by atoms with Crippen LogP contribution in [0.5, 0.6) is 11.5 Å². The predicted octanol–water partition coefficient (Wildman–Crippen LogP) is 2.34. The van der Waals surface area contributed by atoms with Crippen LogP contribution in [0.25, 0.3) is 0 Å². The topological polar surface area (TPSA) is 255 Å². The number of anilines is 2. The Balaban J connectivity index is 1.57. The number of unbranched alkanes of at least 4 members (excludes halogenated alkanes) is 2. The Bertz CT molecular complexity index is 1920. The summed E-state index contributed by atoms with van der Waals surface area (Å²) in [6.07, 6.45) is 2.52. The summed E-state index contributed by atoms with van der Waals surface area (Å²) in [4.78, 5) is 35.9. The molecule has 2 heterocycles. The molecular formula is C29H30N4O11S2. The minimum Gasteiger partial charge on any atom is -0.453 e. The second kappa shape index (κ2) is 11.9. The maximum absolute atomic E-state index is 13.5. The molecule has 5 rings (SSSR count). The summed E-state index contributed by atoms with van der Waals surface area (Å²) >= 11 is 0. The van der Waals surface area contributed by atoms with E-state index in [0.29, 0.717) is 25.9 Å². The first-order chi connectivity index (χ1) is 21.6. The van der Waals surface area contributed by atoms with Crippen molar-refractivity contribution >= 4 is 49.4 Å². The SMILES string of the molecule is CCC(=O)NCCCCCNC(=O)c1ccc2c(c1)C(=O)OC21c2ccc(N)c(S(=O)(=O)O)c2Oc2c1ccc(N)c2S(=O)(=O)O. The number of benzene rings is 3. The zero-order chi connectivity index (χ0) is 33.6. The van der Waals surface area contributed by atoms with Crippen molar-refractivity contribution in [2.45, 2.75) is 48.0 Å². The van der Waals surface area contributed by atoms with Crippen LogP contribution < -0.4 is 26.8 Å². The van der Waals surface area contributed by atoms with Gasteiger partial charge in [-0.1, -0.05) is 13.0 Å². The summed E-state index contributed by atoms with van der Waals surface area (Å²) in [7, 11) is -10.2. The maximum atomic E-state index is 13.5. The molecule has 0 saturated heterocycles. The molecule has 0 radical (unpaired) electrons. The van der Waals surface area contributed by atoms with Crippen molar-refractivity contribution in [1.82, 2.24) is 10.6 Å². The van der Waals surface area contributed by atoms with Gasteiger partial charge in [-0.05, 0) is 55.7 Å². The number of amides is 2. The Hall–Kier alpha value is -4.71. The smallest absolute Gasteiger partial charge is 0.340 e. The van der Waals surface area contributed by atoms with Crippen LogP contribution in [-0.2, 0) is 35.4 Å². The molecule has 3 aromatic carbocycles. The van der Waals surface area contributed by atoms with Gasteiger partial charge in [0.1, 0.15) is 0 Å². The molecule has 15 nitrogen and oxygen atoms in total. The number of carbonyl (C=O) groups excluding carboxylic acids is 3. The number of carbonyl (C=O) groups is 3. The molecule has 2 amide bonds. The van der Waals surface area contributed by atoms with Gasteiger partial charge < -0.3 is 31.6 Å². The molecule has 46 heavy (non-hydrogen) atoms. The molecule has 0 fully saturated rings. The number of hydrogen-bond donors (Lipinski definition) is 6. The third-order valence-corrected chi connectivity index (χ3v) is 9.55. The van der Waals surface area contributed by atoms with Crippen LogP contribution in [0.3, 0.4) is 0 Å². The third kappa shape index (κ3) is 5.61. The van der Waals surface area contributed by atoms with Crippen LogP contribution in [0.4, 0.5) is 11.4 Å². The highest BCUT2D eigenvalue weighted by Gasteiger charge is 2.56. The number of nitrogen functional groups attached to an aromatic ring is 2. The van der Waals surface area contributed by atoms with E-state index in [9.17, 15) is 40.3 Å². The second-order valence-electron chi connectivity index (χ2n) is 10.6. The van der Waals surface area contributed by atoms with Gasteiger partial charge in [-0.3, -0.25) is 18.7 Å². The van der Waals surface area contributed by atoms with E-state index in [-0.39, 0.29) is 33.7 Å². The van der Waals surface area contributed by atoms with Crippen molar-refractivity contribution in [2.24, 2.45) is 0 Å². The number of nitrogens with two attached hydrogens (primary N) is 2. The molecular weight excluding hydrogens is 644 g/mol. The summed E-state index contributed by atoms with van der Waals surface area (Å²) in [5, 5.41) is 5.54. The van der Waals surface area contributed by atoms with Crippen molar-refractivity contribution in [3.05, 3.63) is 70.3 Å². The predicted molar refractivity (Wildman–Crippen MR) is 163 cm³/mol. The van der Waals surface area contributed by atoms with Gasteiger partial charge in [-0.25, -0.2) is 4.79 Å². The molecule has 0 aromatic heterocycles. The average Bonchev–Trinajstić information content (AvgIpc) is 3.26. The Labute approximate surface area is 263 Å². The number of esters is 1. The summed E-state index contributed by atoms with van der Waals surface area (Å²) < 4.78 is 81.6. The first-order valence-corrected chi connectivity index (χ1v) is 16.9. The van der Waals surface area contributed by atoms with E-state index in [2.05, 4.69) is 10.6 Å². The van der Waals surface area contributed by atoms with E-state index < -0.39 is 70.4 Å². The number of rotatable bonds is 10. The zero-order valence-corrected chi connectivity index (χ0v) is 26.0. The monoisotopic (exact) mass is 674 g/mol. The quantitative estimate of drug-likeness (QED) is 0.0782. The molecule has 2 aliphatic rings. The molecule has 244 valence electrons. The standard InChI is InChI=1S/C29H30N4O11S2/c1-2-22(34)32-12-4-3-5-13-33-27(35)15-6-7-17-16(14-15)28(36)44-29(17)18-8-10-20(30)25(45(37,38)39)23(18)43-24-19(29)9-11-21(31)26(24)46(40,41)42/h6-11,14H,2-5,12-13,30-31H2,1H3,(H,32,34)(H,33,35)(H,37,38,39)(H,40,41,42). The molecule has 0 saturated carbocycles.